The van der Waals surface area contributed by atoms with E-state index in [1.807, 2.05) is 42.5 Å². The van der Waals surface area contributed by atoms with Gasteiger partial charge >= 0.3 is 0 Å². The normalized spacial score (nSPS) is 10.4. The number of amides is 1. The molecule has 1 N–H and O–H groups in total. The first-order chi connectivity index (χ1) is 9.27. The zero-order chi connectivity index (χ0) is 13.7. The zero-order valence-electron chi connectivity index (χ0n) is 10.7. The topological polar surface area (TPSA) is 40.5 Å². The van der Waals surface area contributed by atoms with Crippen LogP contribution in [0.4, 0.5) is 0 Å². The second-order valence-electron chi connectivity index (χ2n) is 4.29. The van der Waals surface area contributed by atoms with Crippen LogP contribution in [0.2, 0.25) is 0 Å². The molecule has 0 bridgehead atoms. The van der Waals surface area contributed by atoms with Gasteiger partial charge in [-0.2, -0.15) is 0 Å². The number of carbonyl (C=O) groups excluding carboxylic acids is 1. The van der Waals surface area contributed by atoms with Crippen molar-refractivity contribution in [2.75, 3.05) is 19.7 Å². The molecule has 19 heavy (non-hydrogen) atoms. The van der Waals surface area contributed by atoms with E-state index in [-0.39, 0.29) is 12.5 Å². The van der Waals surface area contributed by atoms with Crippen LogP contribution in [0.5, 0.6) is 0 Å². The number of carbonyl (C=O) groups is 1. The lowest BCUT2D eigenvalue weighted by Gasteiger charge is -2.20. The predicted octanol–water partition coefficient (Wildman–Crippen LogP) is 2.46. The Bertz CT molecular complexity index is 587. The third-order valence-corrected chi connectivity index (χ3v) is 3.03. The van der Waals surface area contributed by atoms with Gasteiger partial charge in [0.15, 0.2) is 0 Å². The summed E-state index contributed by atoms with van der Waals surface area (Å²) < 4.78 is 0. The maximum Gasteiger partial charge on any atom is 0.254 e. The van der Waals surface area contributed by atoms with E-state index >= 15 is 0 Å². The van der Waals surface area contributed by atoms with E-state index in [2.05, 4.69) is 6.58 Å². The average molecular weight is 255 g/mol. The molecule has 0 unspecified atom stereocenters. The SMILES string of the molecule is C=CCN(CCO)C(=O)c1cccc2ccccc12. The Morgan fingerprint density at radius 2 is 1.95 bits per heavy atom. The molecule has 0 fully saturated rings. The molecule has 0 spiro atoms. The summed E-state index contributed by atoms with van der Waals surface area (Å²) in [6.45, 7) is 4.34. The molecule has 98 valence electrons. The second-order valence-corrected chi connectivity index (χ2v) is 4.29. The van der Waals surface area contributed by atoms with Crippen LogP contribution in [0.25, 0.3) is 10.8 Å². The predicted molar refractivity (Wildman–Crippen MR) is 77.1 cm³/mol. The van der Waals surface area contributed by atoms with E-state index in [9.17, 15) is 4.79 Å². The minimum absolute atomic E-state index is 0.0512. The Kier molecular flexibility index (Phi) is 4.31. The molecule has 2 aromatic carbocycles. The molecular formula is C16H17NO2. The van der Waals surface area contributed by atoms with Gasteiger partial charge in [-0.3, -0.25) is 4.79 Å². The Labute approximate surface area is 112 Å². The van der Waals surface area contributed by atoms with Crippen molar-refractivity contribution in [3.05, 3.63) is 60.7 Å². The van der Waals surface area contributed by atoms with Gasteiger partial charge in [0, 0.05) is 18.7 Å². The Hall–Kier alpha value is -2.13. The lowest BCUT2D eigenvalue weighted by molar-refractivity contribution is 0.0745. The third kappa shape index (κ3) is 2.83. The van der Waals surface area contributed by atoms with Crippen LogP contribution < -0.4 is 0 Å². The van der Waals surface area contributed by atoms with E-state index in [0.29, 0.717) is 18.7 Å². The summed E-state index contributed by atoms with van der Waals surface area (Å²) in [7, 11) is 0. The van der Waals surface area contributed by atoms with Crippen LogP contribution in [-0.2, 0) is 0 Å². The van der Waals surface area contributed by atoms with Gasteiger partial charge in [0.25, 0.3) is 5.91 Å². The molecule has 0 saturated heterocycles. The first-order valence-electron chi connectivity index (χ1n) is 6.26. The van der Waals surface area contributed by atoms with E-state index in [0.717, 1.165) is 10.8 Å². The maximum absolute atomic E-state index is 12.5. The van der Waals surface area contributed by atoms with Crippen molar-refractivity contribution in [2.24, 2.45) is 0 Å². The first-order valence-corrected chi connectivity index (χ1v) is 6.26. The average Bonchev–Trinajstić information content (AvgIpc) is 2.46. The monoisotopic (exact) mass is 255 g/mol. The second kappa shape index (κ2) is 6.16. The molecule has 0 radical (unpaired) electrons. The molecule has 2 rings (SSSR count). The molecule has 1 amide bonds. The van der Waals surface area contributed by atoms with Gasteiger partial charge in [0.2, 0.25) is 0 Å². The number of nitrogens with zero attached hydrogens (tertiary/aromatic N) is 1. The van der Waals surface area contributed by atoms with Crippen molar-refractivity contribution in [1.29, 1.82) is 0 Å². The highest BCUT2D eigenvalue weighted by molar-refractivity contribution is 6.07. The van der Waals surface area contributed by atoms with Gasteiger partial charge in [0.1, 0.15) is 0 Å². The van der Waals surface area contributed by atoms with E-state index in [4.69, 9.17) is 5.11 Å². The van der Waals surface area contributed by atoms with Crippen molar-refractivity contribution >= 4 is 16.7 Å². The Balaban J connectivity index is 2.42. The number of aliphatic hydroxyl groups excluding tert-OH is 1. The molecule has 0 aliphatic carbocycles. The van der Waals surface area contributed by atoms with Crippen LogP contribution in [0.1, 0.15) is 10.4 Å². The van der Waals surface area contributed by atoms with Crippen molar-refractivity contribution in [3.8, 4) is 0 Å². The molecule has 0 atom stereocenters. The standard InChI is InChI=1S/C16H17NO2/c1-2-10-17(11-12-18)16(19)15-9-5-7-13-6-3-4-8-14(13)15/h2-9,18H,1,10-12H2. The fourth-order valence-corrected chi connectivity index (χ4v) is 2.13. The summed E-state index contributed by atoms with van der Waals surface area (Å²) in [6.07, 6.45) is 1.67. The summed E-state index contributed by atoms with van der Waals surface area (Å²) in [5.74, 6) is -0.0780. The lowest BCUT2D eigenvalue weighted by Crippen LogP contribution is -2.33. The van der Waals surface area contributed by atoms with Crippen LogP contribution in [0, 0.1) is 0 Å². The lowest BCUT2D eigenvalue weighted by atomic mass is 10.0. The molecule has 0 aliphatic rings. The van der Waals surface area contributed by atoms with Gasteiger partial charge < -0.3 is 10.0 Å². The van der Waals surface area contributed by atoms with Gasteiger partial charge in [-0.25, -0.2) is 0 Å². The van der Waals surface area contributed by atoms with Crippen molar-refractivity contribution in [3.63, 3.8) is 0 Å². The maximum atomic E-state index is 12.5. The summed E-state index contributed by atoms with van der Waals surface area (Å²) in [5.41, 5.74) is 0.661. The minimum Gasteiger partial charge on any atom is -0.395 e. The van der Waals surface area contributed by atoms with E-state index in [1.165, 1.54) is 0 Å². The van der Waals surface area contributed by atoms with Crippen molar-refractivity contribution in [2.45, 2.75) is 0 Å². The number of hydrogen-bond acceptors (Lipinski definition) is 2. The molecule has 3 heteroatoms. The summed E-state index contributed by atoms with van der Waals surface area (Å²) in [5, 5.41) is 11.0. The van der Waals surface area contributed by atoms with E-state index in [1.54, 1.807) is 11.0 Å². The number of aliphatic hydroxyl groups is 1. The smallest absolute Gasteiger partial charge is 0.254 e. The fourth-order valence-electron chi connectivity index (χ4n) is 2.13. The van der Waals surface area contributed by atoms with Crippen LogP contribution >= 0.6 is 0 Å². The van der Waals surface area contributed by atoms with Gasteiger partial charge in [0.05, 0.1) is 6.61 Å². The zero-order valence-corrected chi connectivity index (χ0v) is 10.7. The van der Waals surface area contributed by atoms with Crippen LogP contribution in [0.15, 0.2) is 55.1 Å². The van der Waals surface area contributed by atoms with Gasteiger partial charge in [-0.1, -0.05) is 42.5 Å². The summed E-state index contributed by atoms with van der Waals surface area (Å²) >= 11 is 0. The molecule has 0 aliphatic heterocycles. The number of benzene rings is 2. The number of rotatable bonds is 5. The highest BCUT2D eigenvalue weighted by Crippen LogP contribution is 2.19. The third-order valence-electron chi connectivity index (χ3n) is 3.03. The van der Waals surface area contributed by atoms with E-state index < -0.39 is 0 Å². The first kappa shape index (κ1) is 13.3. The molecule has 0 heterocycles. The highest BCUT2D eigenvalue weighted by Gasteiger charge is 2.16. The molecule has 0 aromatic heterocycles. The number of hydrogen-bond donors (Lipinski definition) is 1. The minimum atomic E-state index is -0.0780. The summed E-state index contributed by atoms with van der Waals surface area (Å²) in [4.78, 5) is 14.1. The highest BCUT2D eigenvalue weighted by atomic mass is 16.3. The number of fused-ring (bicyclic) bond motifs is 1. The molecule has 0 saturated carbocycles. The summed E-state index contributed by atoms with van der Waals surface area (Å²) in [6, 6.07) is 13.5. The van der Waals surface area contributed by atoms with Gasteiger partial charge in [-0.05, 0) is 16.8 Å². The molecular weight excluding hydrogens is 238 g/mol. The largest absolute Gasteiger partial charge is 0.395 e. The van der Waals surface area contributed by atoms with Crippen molar-refractivity contribution in [1.82, 2.24) is 4.90 Å². The molecule has 2 aromatic rings. The molecule has 3 nitrogen and oxygen atoms in total. The van der Waals surface area contributed by atoms with Gasteiger partial charge in [-0.15, -0.1) is 6.58 Å². The van der Waals surface area contributed by atoms with Crippen LogP contribution in [0.3, 0.4) is 0 Å². The van der Waals surface area contributed by atoms with Crippen molar-refractivity contribution < 1.29 is 9.90 Å². The Morgan fingerprint density at radius 3 is 2.68 bits per heavy atom. The fraction of sp³-hybridized carbons (Fsp3) is 0.188. The van der Waals surface area contributed by atoms with Crippen LogP contribution in [-0.4, -0.2) is 35.6 Å². The Morgan fingerprint density at radius 1 is 1.21 bits per heavy atom. The quantitative estimate of drug-likeness (QED) is 0.834.